The lowest BCUT2D eigenvalue weighted by atomic mass is 9.96. The zero-order valence-corrected chi connectivity index (χ0v) is 12.7. The second kappa shape index (κ2) is 6.67. The summed E-state index contributed by atoms with van der Waals surface area (Å²) in [4.78, 5) is 13.9. The van der Waals surface area contributed by atoms with Gasteiger partial charge in [0.15, 0.2) is 0 Å². The normalized spacial score (nSPS) is 22.6. The van der Waals surface area contributed by atoms with Gasteiger partial charge in [0.1, 0.15) is 0 Å². The van der Waals surface area contributed by atoms with Gasteiger partial charge in [0.05, 0.1) is 12.3 Å². The van der Waals surface area contributed by atoms with Crippen LogP contribution in [0.1, 0.15) is 26.7 Å². The third kappa shape index (κ3) is 5.46. The fourth-order valence-electron chi connectivity index (χ4n) is 2.20. The summed E-state index contributed by atoms with van der Waals surface area (Å²) in [7, 11) is -3.17. The van der Waals surface area contributed by atoms with Crippen molar-refractivity contribution in [1.29, 1.82) is 0 Å². The molecular formula is C12H25N3O3S. The van der Waals surface area contributed by atoms with Crippen LogP contribution in [0.4, 0.5) is 0 Å². The number of rotatable bonds is 5. The Balaban J connectivity index is 2.52. The quantitative estimate of drug-likeness (QED) is 0.731. The molecule has 1 aliphatic rings. The van der Waals surface area contributed by atoms with E-state index in [1.807, 2.05) is 13.8 Å². The lowest BCUT2D eigenvalue weighted by Crippen LogP contribution is -2.51. The zero-order valence-electron chi connectivity index (χ0n) is 11.9. The average molecular weight is 291 g/mol. The molecule has 19 heavy (non-hydrogen) atoms. The van der Waals surface area contributed by atoms with Gasteiger partial charge in [-0.2, -0.15) is 0 Å². The third-order valence-corrected chi connectivity index (χ3v) is 4.16. The molecule has 0 aromatic heterocycles. The Kier molecular flexibility index (Phi) is 5.76. The van der Waals surface area contributed by atoms with E-state index in [2.05, 4.69) is 4.72 Å². The number of amides is 1. The number of carbonyl (C=O) groups excluding carboxylic acids is 1. The Morgan fingerprint density at radius 3 is 2.63 bits per heavy atom. The fourth-order valence-corrected chi connectivity index (χ4v) is 2.74. The number of hydrogen-bond acceptors (Lipinski definition) is 4. The molecular weight excluding hydrogens is 266 g/mol. The molecule has 0 saturated carbocycles. The van der Waals surface area contributed by atoms with E-state index in [0.29, 0.717) is 19.6 Å². The molecule has 1 amide bonds. The lowest BCUT2D eigenvalue weighted by Gasteiger charge is -2.35. The van der Waals surface area contributed by atoms with Crippen LogP contribution in [0, 0.1) is 11.8 Å². The maximum atomic E-state index is 12.1. The van der Waals surface area contributed by atoms with E-state index >= 15 is 0 Å². The molecule has 3 N–H and O–H groups in total. The van der Waals surface area contributed by atoms with E-state index < -0.39 is 16.1 Å². The van der Waals surface area contributed by atoms with Crippen LogP contribution in [-0.2, 0) is 14.8 Å². The Labute approximate surface area is 115 Å². The molecule has 2 unspecified atom stereocenters. The summed E-state index contributed by atoms with van der Waals surface area (Å²) in [6.45, 7) is 5.54. The second-order valence-electron chi connectivity index (χ2n) is 5.68. The van der Waals surface area contributed by atoms with E-state index in [1.165, 1.54) is 0 Å². The van der Waals surface area contributed by atoms with Gasteiger partial charge in [-0.1, -0.05) is 13.8 Å². The molecule has 0 spiro atoms. The van der Waals surface area contributed by atoms with Crippen molar-refractivity contribution >= 4 is 15.9 Å². The van der Waals surface area contributed by atoms with Crippen molar-refractivity contribution in [2.75, 3.05) is 25.9 Å². The smallest absolute Gasteiger partial charge is 0.239 e. The van der Waals surface area contributed by atoms with E-state index in [9.17, 15) is 13.2 Å². The number of likely N-dealkylation sites (tertiary alicyclic amines) is 1. The standard InChI is InChI=1S/C12H25N3O3S/c1-9(2)11(13)12(16)15-6-4-5-10(8-15)7-14-19(3,17)18/h9-11,14H,4-8,13H2,1-3H3. The number of carbonyl (C=O) groups is 1. The van der Waals surface area contributed by atoms with Crippen molar-refractivity contribution in [3.05, 3.63) is 0 Å². The first kappa shape index (κ1) is 16.4. The van der Waals surface area contributed by atoms with Crippen molar-refractivity contribution in [3.63, 3.8) is 0 Å². The van der Waals surface area contributed by atoms with Gasteiger partial charge in [-0.3, -0.25) is 4.79 Å². The van der Waals surface area contributed by atoms with Crippen LogP contribution in [-0.4, -0.2) is 51.2 Å². The minimum atomic E-state index is -3.17. The predicted molar refractivity (Wildman–Crippen MR) is 75.0 cm³/mol. The molecule has 7 heteroatoms. The van der Waals surface area contributed by atoms with Gasteiger partial charge in [-0.25, -0.2) is 13.1 Å². The van der Waals surface area contributed by atoms with Crippen LogP contribution >= 0.6 is 0 Å². The summed E-state index contributed by atoms with van der Waals surface area (Å²) in [5.74, 6) is 0.257. The summed E-state index contributed by atoms with van der Waals surface area (Å²) in [5.41, 5.74) is 5.88. The Morgan fingerprint density at radius 1 is 1.47 bits per heavy atom. The van der Waals surface area contributed by atoms with E-state index in [4.69, 9.17) is 5.73 Å². The van der Waals surface area contributed by atoms with Crippen molar-refractivity contribution in [2.45, 2.75) is 32.7 Å². The maximum absolute atomic E-state index is 12.1. The molecule has 1 heterocycles. The van der Waals surface area contributed by atoms with Crippen molar-refractivity contribution in [2.24, 2.45) is 17.6 Å². The minimum absolute atomic E-state index is 0.0287. The van der Waals surface area contributed by atoms with Crippen molar-refractivity contribution in [1.82, 2.24) is 9.62 Å². The first-order valence-corrected chi connectivity index (χ1v) is 8.59. The molecule has 1 saturated heterocycles. The first-order valence-electron chi connectivity index (χ1n) is 6.69. The largest absolute Gasteiger partial charge is 0.341 e. The first-order chi connectivity index (χ1) is 8.70. The van der Waals surface area contributed by atoms with Crippen LogP contribution < -0.4 is 10.5 Å². The molecule has 1 aliphatic heterocycles. The number of nitrogens with two attached hydrogens (primary N) is 1. The molecule has 112 valence electrons. The summed E-state index contributed by atoms with van der Waals surface area (Å²) in [5, 5.41) is 0. The fraction of sp³-hybridized carbons (Fsp3) is 0.917. The monoisotopic (exact) mass is 291 g/mol. The second-order valence-corrected chi connectivity index (χ2v) is 7.52. The molecule has 6 nitrogen and oxygen atoms in total. The number of hydrogen-bond donors (Lipinski definition) is 2. The van der Waals surface area contributed by atoms with Gasteiger partial charge in [0, 0.05) is 19.6 Å². The van der Waals surface area contributed by atoms with E-state index in [1.54, 1.807) is 4.90 Å². The van der Waals surface area contributed by atoms with E-state index in [0.717, 1.165) is 19.1 Å². The van der Waals surface area contributed by atoms with Gasteiger partial charge in [0.25, 0.3) is 0 Å². The van der Waals surface area contributed by atoms with Crippen LogP contribution in [0.25, 0.3) is 0 Å². The van der Waals surface area contributed by atoms with Crippen LogP contribution in [0.15, 0.2) is 0 Å². The molecule has 0 aromatic carbocycles. The topological polar surface area (TPSA) is 92.5 Å². The lowest BCUT2D eigenvalue weighted by molar-refractivity contribution is -0.135. The molecule has 0 aliphatic carbocycles. The average Bonchev–Trinajstić information content (AvgIpc) is 2.34. The Morgan fingerprint density at radius 2 is 2.11 bits per heavy atom. The molecule has 0 aromatic rings. The highest BCUT2D eigenvalue weighted by Gasteiger charge is 2.28. The van der Waals surface area contributed by atoms with Gasteiger partial charge >= 0.3 is 0 Å². The van der Waals surface area contributed by atoms with Crippen molar-refractivity contribution < 1.29 is 13.2 Å². The molecule has 2 atom stereocenters. The van der Waals surface area contributed by atoms with Gasteiger partial charge in [0.2, 0.25) is 15.9 Å². The number of nitrogens with zero attached hydrogens (tertiary/aromatic N) is 1. The highest BCUT2D eigenvalue weighted by molar-refractivity contribution is 7.88. The van der Waals surface area contributed by atoms with Crippen molar-refractivity contribution in [3.8, 4) is 0 Å². The highest BCUT2D eigenvalue weighted by Crippen LogP contribution is 2.17. The number of sulfonamides is 1. The SMILES string of the molecule is CC(C)C(N)C(=O)N1CCCC(CNS(C)(=O)=O)C1. The highest BCUT2D eigenvalue weighted by atomic mass is 32.2. The summed E-state index contributed by atoms with van der Waals surface area (Å²) in [6.07, 6.45) is 2.98. The predicted octanol–water partition coefficient (Wildman–Crippen LogP) is -0.242. The molecule has 0 radical (unpaired) electrons. The molecule has 1 fully saturated rings. The third-order valence-electron chi connectivity index (χ3n) is 3.47. The van der Waals surface area contributed by atoms with Crippen LogP contribution in [0.5, 0.6) is 0 Å². The summed E-state index contributed by atoms with van der Waals surface area (Å²) in [6, 6.07) is -0.471. The Hall–Kier alpha value is -0.660. The summed E-state index contributed by atoms with van der Waals surface area (Å²) >= 11 is 0. The summed E-state index contributed by atoms with van der Waals surface area (Å²) < 4.78 is 24.7. The van der Waals surface area contributed by atoms with Gasteiger partial charge < -0.3 is 10.6 Å². The molecule has 1 rings (SSSR count). The number of nitrogens with one attached hydrogen (secondary N) is 1. The van der Waals surface area contributed by atoms with Gasteiger partial charge in [-0.15, -0.1) is 0 Å². The Bertz CT molecular complexity index is 408. The maximum Gasteiger partial charge on any atom is 0.239 e. The number of piperidine rings is 1. The minimum Gasteiger partial charge on any atom is -0.341 e. The van der Waals surface area contributed by atoms with Crippen LogP contribution in [0.3, 0.4) is 0 Å². The molecule has 0 bridgehead atoms. The van der Waals surface area contributed by atoms with Crippen LogP contribution in [0.2, 0.25) is 0 Å². The van der Waals surface area contributed by atoms with E-state index in [-0.39, 0.29) is 17.7 Å². The van der Waals surface area contributed by atoms with Gasteiger partial charge in [-0.05, 0) is 24.7 Å². The zero-order chi connectivity index (χ0) is 14.6.